The first-order valence-electron chi connectivity index (χ1n) is 10.8. The van der Waals surface area contributed by atoms with Crippen LogP contribution in [0.1, 0.15) is 37.2 Å². The Balaban J connectivity index is 1.48. The van der Waals surface area contributed by atoms with Gasteiger partial charge in [-0.15, -0.1) is 0 Å². The van der Waals surface area contributed by atoms with Gasteiger partial charge in [-0.1, -0.05) is 30.3 Å². The van der Waals surface area contributed by atoms with Crippen molar-refractivity contribution in [2.75, 3.05) is 39.8 Å². The first-order valence-corrected chi connectivity index (χ1v) is 10.8. The molecule has 7 heteroatoms. The van der Waals surface area contributed by atoms with E-state index in [9.17, 15) is 14.8 Å². The lowest BCUT2D eigenvalue weighted by Gasteiger charge is -2.44. The van der Waals surface area contributed by atoms with Crippen LogP contribution in [0.4, 0.5) is 0 Å². The number of likely N-dealkylation sites (N-methyl/N-ethyl adjacent to an activating group) is 1. The Morgan fingerprint density at radius 1 is 1.07 bits per heavy atom. The van der Waals surface area contributed by atoms with Gasteiger partial charge in [0, 0.05) is 31.6 Å². The molecule has 0 aromatic heterocycles. The minimum atomic E-state index is -0.535. The number of nitrogens with one attached hydrogen (secondary N) is 1. The molecule has 4 atom stereocenters. The molecule has 0 saturated carbocycles. The van der Waals surface area contributed by atoms with E-state index in [-0.39, 0.29) is 11.9 Å². The van der Waals surface area contributed by atoms with E-state index in [0.717, 1.165) is 26.1 Å². The molecule has 0 aliphatic carbocycles. The summed E-state index contributed by atoms with van der Waals surface area (Å²) < 4.78 is 0. The molecule has 3 saturated heterocycles. The summed E-state index contributed by atoms with van der Waals surface area (Å²) in [6, 6.07) is 10.1. The van der Waals surface area contributed by atoms with Crippen LogP contribution < -0.4 is 5.48 Å². The summed E-state index contributed by atoms with van der Waals surface area (Å²) in [4.78, 5) is 32.3. The summed E-state index contributed by atoms with van der Waals surface area (Å²) >= 11 is 0. The summed E-state index contributed by atoms with van der Waals surface area (Å²) in [6.07, 6.45) is 3.94. The molecule has 3 fully saturated rings. The van der Waals surface area contributed by atoms with E-state index in [1.807, 2.05) is 40.5 Å². The Morgan fingerprint density at radius 3 is 2.48 bits per heavy atom. The topological polar surface area (TPSA) is 76.1 Å². The number of piperidine rings is 1. The lowest BCUT2D eigenvalue weighted by molar-refractivity contribution is -0.149. The zero-order chi connectivity index (χ0) is 20.4. The second-order valence-electron chi connectivity index (χ2n) is 8.78. The van der Waals surface area contributed by atoms with Gasteiger partial charge >= 0.3 is 0 Å². The molecule has 0 bridgehead atoms. The third-order valence-corrected chi connectivity index (χ3v) is 7.01. The van der Waals surface area contributed by atoms with E-state index in [1.165, 1.54) is 18.4 Å². The maximum absolute atomic E-state index is 13.5. The Hall–Kier alpha value is -1.96. The second kappa shape index (κ2) is 8.81. The quantitative estimate of drug-likeness (QED) is 0.588. The molecule has 2 amide bonds. The van der Waals surface area contributed by atoms with Crippen molar-refractivity contribution in [3.63, 3.8) is 0 Å². The van der Waals surface area contributed by atoms with Crippen LogP contribution in [0.3, 0.4) is 0 Å². The first kappa shape index (κ1) is 20.3. The van der Waals surface area contributed by atoms with Crippen LogP contribution in [0.2, 0.25) is 0 Å². The van der Waals surface area contributed by atoms with Gasteiger partial charge in [-0.05, 0) is 51.4 Å². The van der Waals surface area contributed by atoms with Crippen molar-refractivity contribution < 1.29 is 14.8 Å². The number of amides is 2. The fraction of sp³-hybridized carbons (Fsp3) is 0.636. The van der Waals surface area contributed by atoms with E-state index < -0.39 is 17.9 Å². The summed E-state index contributed by atoms with van der Waals surface area (Å²) in [5.74, 6) is -0.624. The van der Waals surface area contributed by atoms with Gasteiger partial charge in [-0.3, -0.25) is 24.6 Å². The molecule has 3 aliphatic heterocycles. The maximum Gasteiger partial charge on any atom is 0.248 e. The van der Waals surface area contributed by atoms with E-state index >= 15 is 0 Å². The van der Waals surface area contributed by atoms with Crippen LogP contribution in [0, 0.1) is 5.92 Å². The van der Waals surface area contributed by atoms with E-state index in [2.05, 4.69) is 17.0 Å². The molecule has 0 spiro atoms. The van der Waals surface area contributed by atoms with Crippen LogP contribution in [-0.4, -0.2) is 83.6 Å². The number of hydroxylamine groups is 1. The maximum atomic E-state index is 13.5. The summed E-state index contributed by atoms with van der Waals surface area (Å²) in [7, 11) is 1.94. The van der Waals surface area contributed by atoms with Gasteiger partial charge < -0.3 is 4.90 Å². The molecule has 29 heavy (non-hydrogen) atoms. The van der Waals surface area contributed by atoms with Gasteiger partial charge in [0.2, 0.25) is 11.8 Å². The van der Waals surface area contributed by atoms with Gasteiger partial charge in [0.05, 0.1) is 5.92 Å². The SMILES string of the molecule is CN1C[C@H](N2CCCC2)C[C@H](C(=O)NO)[C@H]1C(=O)N1CC[C@H](c2ccccc2)C1. The Labute approximate surface area is 172 Å². The lowest BCUT2D eigenvalue weighted by atomic mass is 9.84. The fourth-order valence-electron chi connectivity index (χ4n) is 5.46. The van der Waals surface area contributed by atoms with Crippen LogP contribution >= 0.6 is 0 Å². The second-order valence-corrected chi connectivity index (χ2v) is 8.78. The third-order valence-electron chi connectivity index (χ3n) is 7.01. The monoisotopic (exact) mass is 400 g/mol. The molecule has 158 valence electrons. The average Bonchev–Trinajstić information content (AvgIpc) is 3.45. The zero-order valence-corrected chi connectivity index (χ0v) is 17.2. The smallest absolute Gasteiger partial charge is 0.248 e. The summed E-state index contributed by atoms with van der Waals surface area (Å²) in [5.41, 5.74) is 3.08. The number of hydrogen-bond donors (Lipinski definition) is 2. The normalized spacial score (nSPS) is 31.2. The van der Waals surface area contributed by atoms with Gasteiger partial charge in [0.25, 0.3) is 0 Å². The molecule has 1 aromatic carbocycles. The highest BCUT2D eigenvalue weighted by Gasteiger charge is 2.46. The highest BCUT2D eigenvalue weighted by molar-refractivity contribution is 5.90. The van der Waals surface area contributed by atoms with Crippen molar-refractivity contribution in [3.8, 4) is 0 Å². The van der Waals surface area contributed by atoms with Crippen molar-refractivity contribution >= 4 is 11.8 Å². The number of carbonyl (C=O) groups is 2. The fourth-order valence-corrected chi connectivity index (χ4v) is 5.46. The van der Waals surface area contributed by atoms with Crippen molar-refractivity contribution in [3.05, 3.63) is 35.9 Å². The Morgan fingerprint density at radius 2 is 1.79 bits per heavy atom. The van der Waals surface area contributed by atoms with Crippen LogP contribution in [0.15, 0.2) is 30.3 Å². The van der Waals surface area contributed by atoms with Gasteiger partial charge in [-0.2, -0.15) is 0 Å². The largest absolute Gasteiger partial charge is 0.341 e. The molecule has 2 N–H and O–H groups in total. The van der Waals surface area contributed by atoms with Gasteiger partial charge in [-0.25, -0.2) is 5.48 Å². The molecule has 3 aliphatic rings. The average molecular weight is 401 g/mol. The zero-order valence-electron chi connectivity index (χ0n) is 17.2. The minimum Gasteiger partial charge on any atom is -0.341 e. The number of hydrogen-bond acceptors (Lipinski definition) is 5. The van der Waals surface area contributed by atoms with E-state index in [0.29, 0.717) is 25.4 Å². The Bertz CT molecular complexity index is 722. The first-order chi connectivity index (χ1) is 14.1. The predicted molar refractivity (Wildman–Crippen MR) is 109 cm³/mol. The minimum absolute atomic E-state index is 0.0133. The molecule has 4 rings (SSSR count). The van der Waals surface area contributed by atoms with Gasteiger partial charge in [0.1, 0.15) is 6.04 Å². The number of benzene rings is 1. The summed E-state index contributed by atoms with van der Waals surface area (Å²) in [5, 5.41) is 9.32. The number of carbonyl (C=O) groups excluding carboxylic acids is 2. The Kier molecular flexibility index (Phi) is 6.18. The number of nitrogens with zero attached hydrogens (tertiary/aromatic N) is 3. The highest BCUT2D eigenvalue weighted by atomic mass is 16.5. The highest BCUT2D eigenvalue weighted by Crippen LogP contribution is 2.32. The summed E-state index contributed by atoms with van der Waals surface area (Å²) in [6.45, 7) is 4.29. The van der Waals surface area contributed by atoms with E-state index in [1.54, 1.807) is 0 Å². The van der Waals surface area contributed by atoms with Crippen molar-refractivity contribution in [1.82, 2.24) is 20.2 Å². The molecule has 1 aromatic rings. The molecular formula is C22H32N4O3. The predicted octanol–water partition coefficient (Wildman–Crippen LogP) is 1.29. The molecular weight excluding hydrogens is 368 g/mol. The lowest BCUT2D eigenvalue weighted by Crippen LogP contribution is -2.61. The molecule has 3 heterocycles. The van der Waals surface area contributed by atoms with Crippen molar-refractivity contribution in [2.24, 2.45) is 5.92 Å². The van der Waals surface area contributed by atoms with Crippen LogP contribution in [-0.2, 0) is 9.59 Å². The van der Waals surface area contributed by atoms with Crippen molar-refractivity contribution in [2.45, 2.75) is 43.7 Å². The molecule has 0 unspecified atom stereocenters. The molecule has 0 radical (unpaired) electrons. The number of rotatable bonds is 4. The van der Waals surface area contributed by atoms with Crippen LogP contribution in [0.25, 0.3) is 0 Å². The van der Waals surface area contributed by atoms with Crippen LogP contribution in [0.5, 0.6) is 0 Å². The molecule has 7 nitrogen and oxygen atoms in total. The van der Waals surface area contributed by atoms with Gasteiger partial charge in [0.15, 0.2) is 0 Å². The standard InChI is InChI=1S/C22H32N4O3/c1-24-15-18(25-10-5-6-11-25)13-19(21(27)23-29)20(24)22(28)26-12-9-17(14-26)16-7-3-2-4-8-16/h2-4,7-8,17-20,29H,5-6,9-15H2,1H3,(H,23,27)/t17-,18+,19-,20-/m0/s1. The number of likely N-dealkylation sites (tertiary alicyclic amines) is 3. The third kappa shape index (κ3) is 4.17. The van der Waals surface area contributed by atoms with Crippen molar-refractivity contribution in [1.29, 1.82) is 0 Å². The van der Waals surface area contributed by atoms with E-state index in [4.69, 9.17) is 0 Å².